The molecule has 1 amide bonds. The molecule has 5 saturated carbocycles. The van der Waals surface area contributed by atoms with Gasteiger partial charge in [0.2, 0.25) is 0 Å². The van der Waals surface area contributed by atoms with E-state index < -0.39 is 0 Å². The van der Waals surface area contributed by atoms with E-state index in [4.69, 9.17) is 5.73 Å². The van der Waals surface area contributed by atoms with Gasteiger partial charge in [-0.1, -0.05) is 37.4 Å². The molecule has 0 aromatic carbocycles. The first-order chi connectivity index (χ1) is 12.1. The van der Waals surface area contributed by atoms with Crippen LogP contribution in [0.25, 0.3) is 5.73 Å². The van der Waals surface area contributed by atoms with Crippen LogP contribution in [0.3, 0.4) is 0 Å². The summed E-state index contributed by atoms with van der Waals surface area (Å²) in [4.78, 5) is 11.4. The van der Waals surface area contributed by atoms with Crippen molar-refractivity contribution in [2.75, 3.05) is 0 Å². The summed E-state index contributed by atoms with van der Waals surface area (Å²) in [5.41, 5.74) is 7.24. The van der Waals surface area contributed by atoms with Gasteiger partial charge in [-0.25, -0.2) is 0 Å². The molecular formula is C22H34Cl2NOSiTi. The standard InChI is InChI=1S/C11H17NO.C9H11.C2H7Si.2ClH.Ti/c12-10(13)11-4-7-1-8(5-11)3-9(2-7)6-11;1-2-5-9-7-3-6-8(9)4-1;1-3-2;;;/h7-9H,1-6H2,(H2,12,13);1-5,8-9H,6-7H2;3H,1-2H3;2*1H;/q;-1;;;;+4/p-3. The minimum atomic E-state index is -0.258. The number of carbonyl (C=O) groups excluding carboxylic acids is 1. The van der Waals surface area contributed by atoms with Gasteiger partial charge in [-0.15, -0.1) is 0 Å². The molecule has 0 aromatic heterocycles. The molecule has 0 heterocycles. The van der Waals surface area contributed by atoms with Crippen LogP contribution in [0.15, 0.2) is 24.3 Å². The maximum atomic E-state index is 11.4. The number of rotatable bonds is 1. The van der Waals surface area contributed by atoms with Crippen LogP contribution in [0.5, 0.6) is 0 Å². The Morgan fingerprint density at radius 2 is 1.29 bits per heavy atom. The number of nitrogens with one attached hydrogen (secondary N) is 1. The van der Waals surface area contributed by atoms with Gasteiger partial charge in [0.15, 0.2) is 0 Å². The number of allylic oxidation sites excluding steroid dienone is 4. The van der Waals surface area contributed by atoms with E-state index in [9.17, 15) is 4.79 Å². The van der Waals surface area contributed by atoms with Crippen LogP contribution in [0, 0.1) is 41.4 Å². The SMILES string of the molecule is C1=CC2C[CH-]CC2C=C1.C[SiH]C.[Cl-].[Cl-].[NH-]C(=O)C12CC3CC(CC(C3)C1)C2.[Ti+4]. The Morgan fingerprint density at radius 3 is 1.61 bits per heavy atom. The summed E-state index contributed by atoms with van der Waals surface area (Å²) in [5, 5.41) is 0. The van der Waals surface area contributed by atoms with Gasteiger partial charge in [0, 0.05) is 14.9 Å². The van der Waals surface area contributed by atoms with Crippen molar-refractivity contribution in [3.05, 3.63) is 36.5 Å². The van der Waals surface area contributed by atoms with E-state index in [1.165, 1.54) is 32.1 Å². The van der Waals surface area contributed by atoms with Crippen molar-refractivity contribution >= 4 is 15.4 Å². The molecule has 0 spiro atoms. The molecule has 6 aliphatic rings. The molecule has 28 heavy (non-hydrogen) atoms. The van der Waals surface area contributed by atoms with Crippen molar-refractivity contribution in [3.8, 4) is 0 Å². The number of amides is 1. The molecule has 6 rings (SSSR count). The van der Waals surface area contributed by atoms with Gasteiger partial charge in [-0.05, 0) is 68.1 Å². The van der Waals surface area contributed by atoms with E-state index in [2.05, 4.69) is 43.8 Å². The van der Waals surface area contributed by atoms with Gasteiger partial charge in [0.05, 0.1) is 5.91 Å². The first-order valence-electron chi connectivity index (χ1n) is 10.2. The molecule has 5 fully saturated rings. The Morgan fingerprint density at radius 1 is 0.929 bits per heavy atom. The van der Waals surface area contributed by atoms with Crippen LogP contribution < -0.4 is 24.8 Å². The second kappa shape index (κ2) is 13.0. The average Bonchev–Trinajstić information content (AvgIpc) is 3.03. The average molecular weight is 475 g/mol. The summed E-state index contributed by atoms with van der Waals surface area (Å²) in [6.07, 6.45) is 21.2. The molecular weight excluding hydrogens is 441 g/mol. The number of halogens is 2. The van der Waals surface area contributed by atoms with E-state index in [-0.39, 0.29) is 57.9 Å². The molecule has 0 aromatic rings. The second-order valence-corrected chi connectivity index (χ2v) is 10.1. The predicted octanol–water partition coefficient (Wildman–Crippen LogP) is -0.351. The van der Waals surface area contributed by atoms with Gasteiger partial charge in [0.25, 0.3) is 0 Å². The van der Waals surface area contributed by atoms with Gasteiger partial charge >= 0.3 is 21.7 Å². The molecule has 0 saturated heterocycles. The van der Waals surface area contributed by atoms with Crippen LogP contribution in [-0.2, 0) is 26.5 Å². The molecule has 1 N–H and O–H groups in total. The quantitative estimate of drug-likeness (QED) is 0.378. The molecule has 2 unspecified atom stereocenters. The van der Waals surface area contributed by atoms with Gasteiger partial charge in [-0.2, -0.15) is 12.8 Å². The summed E-state index contributed by atoms with van der Waals surface area (Å²) >= 11 is 0. The Kier molecular flexibility index (Phi) is 13.2. The third-order valence-electron chi connectivity index (χ3n) is 6.78. The molecule has 4 bridgehead atoms. The summed E-state index contributed by atoms with van der Waals surface area (Å²) in [5.74, 6) is 3.80. The molecule has 155 valence electrons. The summed E-state index contributed by atoms with van der Waals surface area (Å²) < 4.78 is 0. The summed E-state index contributed by atoms with van der Waals surface area (Å²) in [6, 6.07) is 0. The molecule has 2 atom stereocenters. The van der Waals surface area contributed by atoms with E-state index in [0.29, 0.717) is 0 Å². The van der Waals surface area contributed by atoms with Crippen LogP contribution in [0.2, 0.25) is 13.1 Å². The van der Waals surface area contributed by atoms with Gasteiger partial charge < -0.3 is 41.8 Å². The van der Waals surface area contributed by atoms with E-state index in [1.54, 1.807) is 0 Å². The van der Waals surface area contributed by atoms with Crippen molar-refractivity contribution in [2.45, 2.75) is 64.5 Å². The third-order valence-corrected chi connectivity index (χ3v) is 6.78. The summed E-state index contributed by atoms with van der Waals surface area (Å²) in [6.45, 7) is 4.42. The topological polar surface area (TPSA) is 40.9 Å². The van der Waals surface area contributed by atoms with Crippen molar-refractivity contribution in [3.63, 3.8) is 0 Å². The largest absolute Gasteiger partial charge is 4.00 e. The molecule has 6 aliphatic carbocycles. The van der Waals surface area contributed by atoms with E-state index >= 15 is 0 Å². The molecule has 0 aliphatic heterocycles. The van der Waals surface area contributed by atoms with Crippen LogP contribution in [0.4, 0.5) is 0 Å². The normalized spacial score (nSPS) is 37.6. The number of hydrogen-bond donors (Lipinski definition) is 0. The molecule has 2 nitrogen and oxygen atoms in total. The van der Waals surface area contributed by atoms with E-state index in [0.717, 1.165) is 58.4 Å². The Hall–Kier alpha value is 0.461. The zero-order valence-electron chi connectivity index (χ0n) is 17.2. The smallest absolute Gasteiger partial charge is 1.00 e. The number of hydrogen-bond acceptors (Lipinski definition) is 1. The van der Waals surface area contributed by atoms with Crippen LogP contribution in [0.1, 0.15) is 51.4 Å². The van der Waals surface area contributed by atoms with Crippen molar-refractivity contribution in [2.24, 2.45) is 35.0 Å². The third kappa shape index (κ3) is 6.74. The van der Waals surface area contributed by atoms with E-state index in [1.807, 2.05) is 0 Å². The maximum Gasteiger partial charge on any atom is 4.00 e. The Balaban J connectivity index is 0.000000434. The van der Waals surface area contributed by atoms with Crippen LogP contribution >= 0.6 is 0 Å². The van der Waals surface area contributed by atoms with Crippen LogP contribution in [-0.4, -0.2) is 15.4 Å². The fourth-order valence-electron chi connectivity index (χ4n) is 6.08. The minimum Gasteiger partial charge on any atom is -1.00 e. The Labute approximate surface area is 201 Å². The first kappa shape index (κ1) is 28.5. The number of carbonyl (C=O) groups is 1. The minimum absolute atomic E-state index is 0. The van der Waals surface area contributed by atoms with Crippen molar-refractivity contribution in [1.29, 1.82) is 0 Å². The van der Waals surface area contributed by atoms with Crippen molar-refractivity contribution in [1.82, 2.24) is 0 Å². The molecule has 6 heteroatoms. The van der Waals surface area contributed by atoms with Gasteiger partial charge in [-0.3, -0.25) is 0 Å². The van der Waals surface area contributed by atoms with Gasteiger partial charge in [0.1, 0.15) is 0 Å². The zero-order chi connectivity index (χ0) is 17.9. The molecule has 1 radical (unpaired) electrons. The fourth-order valence-corrected chi connectivity index (χ4v) is 6.08. The second-order valence-electron chi connectivity index (χ2n) is 8.96. The maximum absolute atomic E-state index is 11.4. The first-order valence-corrected chi connectivity index (χ1v) is 12.5. The Bertz CT molecular complexity index is 487. The zero-order valence-corrected chi connectivity index (χ0v) is 21.4. The predicted molar refractivity (Wildman–Crippen MR) is 108 cm³/mol. The van der Waals surface area contributed by atoms with Crippen molar-refractivity contribution < 1.29 is 51.3 Å². The monoisotopic (exact) mass is 474 g/mol. The summed E-state index contributed by atoms with van der Waals surface area (Å²) in [7, 11) is 0.750. The number of fused-ring (bicyclic) bond motifs is 1. The fraction of sp³-hybridized carbons (Fsp3) is 0.727.